The Morgan fingerprint density at radius 2 is 1.74 bits per heavy atom. The zero-order chi connectivity index (χ0) is 32.4. The molecule has 1 saturated heterocycles. The van der Waals surface area contributed by atoms with Crippen molar-refractivity contribution >= 4 is 29.0 Å². The van der Waals surface area contributed by atoms with Gasteiger partial charge in [0.2, 0.25) is 6.43 Å². The van der Waals surface area contributed by atoms with Crippen molar-refractivity contribution in [1.29, 1.82) is 0 Å². The molecule has 3 N–H and O–H groups in total. The summed E-state index contributed by atoms with van der Waals surface area (Å²) in [6, 6.07) is 16.2. The maximum atomic E-state index is 13.5. The minimum atomic E-state index is -2.46. The van der Waals surface area contributed by atoms with Crippen LogP contribution in [0.5, 0.6) is 0 Å². The predicted octanol–water partition coefficient (Wildman–Crippen LogP) is 4.70. The first kappa shape index (κ1) is 31.1. The standard InChI is InChI=1S/C34H33F2N5O5/c1-40-19-23(17-28(32(40)45)38-29-10-7-22(18-37-29)31(44)41-13-15-46-16-14-41)25-3-2-4-27(26(25)20-42)39-30(43)21-5-8-24(9-6-21)34(11-12-34)33(35)36/h2-10,17-19,33,42H,11-16,20H2,1H3,(H,37,38)(H,39,43). The number of anilines is 3. The first-order valence-electron chi connectivity index (χ1n) is 14.9. The number of pyridine rings is 2. The van der Waals surface area contributed by atoms with Crippen molar-refractivity contribution < 1.29 is 28.2 Å². The smallest absolute Gasteiger partial charge is 0.274 e. The average Bonchev–Trinajstić information content (AvgIpc) is 3.90. The molecule has 4 aromatic rings. The summed E-state index contributed by atoms with van der Waals surface area (Å²) in [6.07, 6.45) is 1.47. The van der Waals surface area contributed by atoms with Crippen molar-refractivity contribution in [2.24, 2.45) is 7.05 Å². The normalized spacial score (nSPS) is 15.5. The van der Waals surface area contributed by atoms with Crippen LogP contribution in [-0.4, -0.2) is 64.1 Å². The Morgan fingerprint density at radius 1 is 1.02 bits per heavy atom. The highest BCUT2D eigenvalue weighted by Crippen LogP contribution is 2.52. The van der Waals surface area contributed by atoms with Crippen molar-refractivity contribution in [3.8, 4) is 11.1 Å². The number of hydrogen-bond acceptors (Lipinski definition) is 7. The van der Waals surface area contributed by atoms with Gasteiger partial charge in [-0.15, -0.1) is 0 Å². The second kappa shape index (κ2) is 12.8. The van der Waals surface area contributed by atoms with Crippen LogP contribution >= 0.6 is 0 Å². The number of ether oxygens (including phenoxy) is 1. The number of amides is 2. The molecule has 10 nitrogen and oxygen atoms in total. The highest BCUT2D eigenvalue weighted by Gasteiger charge is 2.52. The van der Waals surface area contributed by atoms with E-state index in [4.69, 9.17) is 4.74 Å². The molecule has 2 aliphatic rings. The monoisotopic (exact) mass is 629 g/mol. The van der Waals surface area contributed by atoms with Crippen LogP contribution < -0.4 is 16.2 Å². The molecule has 3 heterocycles. The number of hydrogen-bond donors (Lipinski definition) is 3. The van der Waals surface area contributed by atoms with E-state index in [0.29, 0.717) is 84.0 Å². The van der Waals surface area contributed by atoms with Crippen LogP contribution in [0.25, 0.3) is 11.1 Å². The summed E-state index contributed by atoms with van der Waals surface area (Å²) in [4.78, 5) is 45.0. The highest BCUT2D eigenvalue weighted by molar-refractivity contribution is 6.05. The van der Waals surface area contributed by atoms with Gasteiger partial charge < -0.3 is 29.9 Å². The summed E-state index contributed by atoms with van der Waals surface area (Å²) in [6.45, 7) is 1.60. The molecular formula is C34H33F2N5O5. The zero-order valence-corrected chi connectivity index (χ0v) is 25.1. The number of rotatable bonds is 9. The fourth-order valence-corrected chi connectivity index (χ4v) is 5.69. The van der Waals surface area contributed by atoms with Crippen LogP contribution in [0, 0.1) is 0 Å². The molecule has 0 spiro atoms. The van der Waals surface area contributed by atoms with E-state index in [2.05, 4.69) is 15.6 Å². The fraction of sp³-hybridized carbons (Fsp3) is 0.294. The van der Waals surface area contributed by atoms with Crippen molar-refractivity contribution in [3.05, 3.63) is 106 Å². The van der Waals surface area contributed by atoms with Crippen molar-refractivity contribution in [2.45, 2.75) is 31.3 Å². The number of halogens is 2. The molecule has 2 amide bonds. The molecule has 2 aromatic carbocycles. The van der Waals surface area contributed by atoms with Crippen LogP contribution in [0.4, 0.5) is 26.0 Å². The average molecular weight is 630 g/mol. The minimum Gasteiger partial charge on any atom is -0.392 e. The summed E-state index contributed by atoms with van der Waals surface area (Å²) in [5.41, 5.74) is 1.99. The largest absolute Gasteiger partial charge is 0.392 e. The van der Waals surface area contributed by atoms with Gasteiger partial charge in [0.15, 0.2) is 0 Å². The number of aliphatic hydroxyl groups is 1. The Labute approximate surface area is 263 Å². The molecule has 46 heavy (non-hydrogen) atoms. The predicted molar refractivity (Wildman–Crippen MR) is 169 cm³/mol. The van der Waals surface area contributed by atoms with E-state index < -0.39 is 24.4 Å². The summed E-state index contributed by atoms with van der Waals surface area (Å²) in [5, 5.41) is 16.2. The molecule has 12 heteroatoms. The number of aromatic nitrogens is 2. The van der Waals surface area contributed by atoms with Gasteiger partial charge in [0.1, 0.15) is 11.5 Å². The van der Waals surface area contributed by atoms with Crippen LogP contribution in [0.1, 0.15) is 44.7 Å². The van der Waals surface area contributed by atoms with Gasteiger partial charge >= 0.3 is 0 Å². The van der Waals surface area contributed by atoms with Gasteiger partial charge in [-0.05, 0) is 60.4 Å². The highest BCUT2D eigenvalue weighted by atomic mass is 19.3. The van der Waals surface area contributed by atoms with E-state index in [1.165, 1.54) is 22.9 Å². The Bertz CT molecular complexity index is 1820. The van der Waals surface area contributed by atoms with Gasteiger partial charge in [0.25, 0.3) is 17.4 Å². The van der Waals surface area contributed by atoms with E-state index in [0.717, 1.165) is 0 Å². The van der Waals surface area contributed by atoms with E-state index >= 15 is 0 Å². The Kier molecular flexibility index (Phi) is 8.65. The third-order valence-electron chi connectivity index (χ3n) is 8.58. The van der Waals surface area contributed by atoms with Crippen LogP contribution in [0.2, 0.25) is 0 Å². The number of alkyl halides is 2. The Morgan fingerprint density at radius 3 is 2.37 bits per heavy atom. The molecule has 0 atom stereocenters. The molecule has 0 radical (unpaired) electrons. The Balaban J connectivity index is 1.22. The molecule has 0 unspecified atom stereocenters. The van der Waals surface area contributed by atoms with E-state index in [-0.39, 0.29) is 17.2 Å². The summed E-state index contributed by atoms with van der Waals surface area (Å²) < 4.78 is 33.7. The first-order chi connectivity index (χ1) is 22.2. The maximum Gasteiger partial charge on any atom is 0.274 e. The first-order valence-corrected chi connectivity index (χ1v) is 14.9. The number of morpholine rings is 1. The van der Waals surface area contributed by atoms with E-state index in [1.807, 2.05) is 0 Å². The lowest BCUT2D eigenvalue weighted by Crippen LogP contribution is -2.40. The third-order valence-corrected chi connectivity index (χ3v) is 8.58. The number of aryl methyl sites for hydroxylation is 1. The number of carbonyl (C=O) groups excluding carboxylic acids is 2. The van der Waals surface area contributed by atoms with Crippen molar-refractivity contribution in [3.63, 3.8) is 0 Å². The van der Waals surface area contributed by atoms with Gasteiger partial charge in [-0.3, -0.25) is 14.4 Å². The van der Waals surface area contributed by atoms with Gasteiger partial charge in [-0.1, -0.05) is 24.3 Å². The second-order valence-corrected chi connectivity index (χ2v) is 11.5. The summed E-state index contributed by atoms with van der Waals surface area (Å²) >= 11 is 0. The van der Waals surface area contributed by atoms with Crippen molar-refractivity contribution in [2.75, 3.05) is 36.9 Å². The van der Waals surface area contributed by atoms with Crippen molar-refractivity contribution in [1.82, 2.24) is 14.5 Å². The van der Waals surface area contributed by atoms with Gasteiger partial charge in [0.05, 0.1) is 30.8 Å². The number of nitrogens with zero attached hydrogens (tertiary/aromatic N) is 3. The topological polar surface area (TPSA) is 126 Å². The molecule has 1 aliphatic heterocycles. The molecule has 2 aromatic heterocycles. The molecule has 2 fully saturated rings. The number of carbonyl (C=O) groups is 2. The van der Waals surface area contributed by atoms with E-state index in [1.54, 1.807) is 66.7 Å². The lowest BCUT2D eigenvalue weighted by molar-refractivity contribution is 0.0302. The molecule has 1 saturated carbocycles. The maximum absolute atomic E-state index is 13.5. The van der Waals surface area contributed by atoms with Gasteiger partial charge in [0, 0.05) is 54.9 Å². The molecular weight excluding hydrogens is 596 g/mol. The van der Waals surface area contributed by atoms with Crippen LogP contribution in [0.15, 0.2) is 77.9 Å². The van der Waals surface area contributed by atoms with E-state index in [9.17, 15) is 28.3 Å². The van der Waals surface area contributed by atoms with Gasteiger partial charge in [-0.25, -0.2) is 13.8 Å². The minimum absolute atomic E-state index is 0.140. The summed E-state index contributed by atoms with van der Waals surface area (Å²) in [5.74, 6) is -0.229. The fourth-order valence-electron chi connectivity index (χ4n) is 5.69. The zero-order valence-electron chi connectivity index (χ0n) is 25.1. The SMILES string of the molecule is Cn1cc(-c2cccc(NC(=O)c3ccc(C4(C(F)F)CC4)cc3)c2CO)cc(Nc2ccc(C(=O)N3CCOCC3)cn2)c1=O. The quantitative estimate of drug-likeness (QED) is 0.245. The lowest BCUT2D eigenvalue weighted by Gasteiger charge is -2.26. The third kappa shape index (κ3) is 6.13. The number of benzene rings is 2. The summed E-state index contributed by atoms with van der Waals surface area (Å²) in [7, 11) is 1.60. The van der Waals surface area contributed by atoms with Crippen LogP contribution in [0.3, 0.4) is 0 Å². The molecule has 0 bridgehead atoms. The number of nitrogens with one attached hydrogen (secondary N) is 2. The molecule has 238 valence electrons. The van der Waals surface area contributed by atoms with Gasteiger partial charge in [-0.2, -0.15) is 0 Å². The number of aliphatic hydroxyl groups excluding tert-OH is 1. The lowest BCUT2D eigenvalue weighted by atomic mass is 9.95. The molecule has 6 rings (SSSR count). The Hall–Kier alpha value is -4.94. The van der Waals surface area contributed by atoms with Crippen LogP contribution in [-0.2, 0) is 23.8 Å². The molecule has 1 aliphatic carbocycles. The second-order valence-electron chi connectivity index (χ2n) is 11.5.